The third-order valence-corrected chi connectivity index (χ3v) is 2.70. The summed E-state index contributed by atoms with van der Waals surface area (Å²) in [5.74, 6) is -0.169. The molecule has 0 spiro atoms. The number of hydrogen-bond acceptors (Lipinski definition) is 4. The van der Waals surface area contributed by atoms with Gasteiger partial charge >= 0.3 is 5.97 Å². The summed E-state index contributed by atoms with van der Waals surface area (Å²) in [7, 11) is 1.26. The number of esters is 1. The highest BCUT2D eigenvalue weighted by Gasteiger charge is 2.10. The van der Waals surface area contributed by atoms with Crippen molar-refractivity contribution in [3.8, 4) is 0 Å². The first-order chi connectivity index (χ1) is 8.70. The molecule has 0 atom stereocenters. The number of aromatic amines is 1. The molecule has 0 aliphatic rings. The lowest BCUT2D eigenvalue weighted by Crippen LogP contribution is -2.27. The number of nitrogens with one attached hydrogen (secondary N) is 1. The van der Waals surface area contributed by atoms with Crippen LogP contribution in [-0.4, -0.2) is 27.4 Å². The predicted molar refractivity (Wildman–Crippen MR) is 65.0 cm³/mol. The Bertz CT molecular complexity index is 860. The SMILES string of the molecule is COC(=O)/C=c1/[nH]c2nc3ccccc3n2c1=O. The minimum Gasteiger partial charge on any atom is -0.466 e. The van der Waals surface area contributed by atoms with Crippen LogP contribution in [0.3, 0.4) is 0 Å². The van der Waals surface area contributed by atoms with Gasteiger partial charge in [0.1, 0.15) is 5.35 Å². The van der Waals surface area contributed by atoms with E-state index < -0.39 is 5.97 Å². The third kappa shape index (κ3) is 1.39. The maximum Gasteiger partial charge on any atom is 0.332 e. The maximum atomic E-state index is 12.1. The molecule has 3 rings (SSSR count). The van der Waals surface area contributed by atoms with Crippen LogP contribution in [-0.2, 0) is 9.53 Å². The lowest BCUT2D eigenvalue weighted by atomic mass is 10.3. The van der Waals surface area contributed by atoms with Gasteiger partial charge in [0.25, 0.3) is 5.56 Å². The van der Waals surface area contributed by atoms with E-state index in [9.17, 15) is 9.59 Å². The summed E-state index contributed by atoms with van der Waals surface area (Å²) in [4.78, 5) is 30.3. The van der Waals surface area contributed by atoms with Crippen LogP contribution in [0.1, 0.15) is 0 Å². The average Bonchev–Trinajstić information content (AvgIpc) is 2.87. The number of ether oxygens (including phenoxy) is 1. The smallest absolute Gasteiger partial charge is 0.332 e. The van der Waals surface area contributed by atoms with Crippen molar-refractivity contribution in [2.45, 2.75) is 0 Å². The largest absolute Gasteiger partial charge is 0.466 e. The van der Waals surface area contributed by atoms with Crippen LogP contribution in [0.5, 0.6) is 0 Å². The van der Waals surface area contributed by atoms with Gasteiger partial charge in [-0.05, 0) is 12.1 Å². The van der Waals surface area contributed by atoms with Crippen LogP contribution < -0.4 is 10.9 Å². The molecule has 0 saturated heterocycles. The van der Waals surface area contributed by atoms with E-state index in [0.29, 0.717) is 11.3 Å². The number of nitrogens with zero attached hydrogens (tertiary/aromatic N) is 2. The highest BCUT2D eigenvalue weighted by Crippen LogP contribution is 2.11. The van der Waals surface area contributed by atoms with E-state index in [-0.39, 0.29) is 10.9 Å². The molecule has 0 saturated carbocycles. The number of H-pyrrole nitrogens is 1. The summed E-state index contributed by atoms with van der Waals surface area (Å²) in [6.45, 7) is 0. The highest BCUT2D eigenvalue weighted by atomic mass is 16.5. The van der Waals surface area contributed by atoms with Crippen molar-refractivity contribution in [1.82, 2.24) is 14.4 Å². The second kappa shape index (κ2) is 3.69. The number of imidazole rings is 2. The van der Waals surface area contributed by atoms with E-state index in [1.807, 2.05) is 18.2 Å². The molecule has 0 amide bonds. The number of methoxy groups -OCH3 is 1. The molecule has 1 aromatic carbocycles. The predicted octanol–water partition coefficient (Wildman–Crippen LogP) is -0.152. The fourth-order valence-electron chi connectivity index (χ4n) is 1.88. The van der Waals surface area contributed by atoms with Gasteiger partial charge in [0.2, 0.25) is 5.78 Å². The number of hydrogen-bond donors (Lipinski definition) is 1. The van der Waals surface area contributed by atoms with Gasteiger partial charge in [-0.25, -0.2) is 14.2 Å². The zero-order chi connectivity index (χ0) is 12.7. The second-order valence-electron chi connectivity index (χ2n) is 3.77. The van der Waals surface area contributed by atoms with E-state index in [1.165, 1.54) is 11.5 Å². The van der Waals surface area contributed by atoms with Crippen molar-refractivity contribution in [3.63, 3.8) is 0 Å². The molecular formula is C12H9N3O3. The molecule has 1 N–H and O–H groups in total. The van der Waals surface area contributed by atoms with E-state index in [4.69, 9.17) is 0 Å². The Morgan fingerprint density at radius 2 is 2.22 bits per heavy atom. The Kier molecular flexibility index (Phi) is 2.16. The van der Waals surface area contributed by atoms with Crippen molar-refractivity contribution in [2.75, 3.05) is 7.11 Å². The number of fused-ring (bicyclic) bond motifs is 3. The van der Waals surface area contributed by atoms with Crippen LogP contribution in [0.25, 0.3) is 22.9 Å². The van der Waals surface area contributed by atoms with E-state index in [1.54, 1.807) is 6.07 Å². The molecule has 0 fully saturated rings. The van der Waals surface area contributed by atoms with Gasteiger partial charge in [0, 0.05) is 0 Å². The second-order valence-corrected chi connectivity index (χ2v) is 3.77. The minimum absolute atomic E-state index is 0.162. The highest BCUT2D eigenvalue weighted by molar-refractivity contribution is 5.99. The molecule has 0 radical (unpaired) electrons. The lowest BCUT2D eigenvalue weighted by Gasteiger charge is -1.87. The summed E-state index contributed by atoms with van der Waals surface area (Å²) in [5.41, 5.74) is 1.12. The van der Waals surface area contributed by atoms with Gasteiger partial charge in [-0.3, -0.25) is 4.79 Å². The van der Waals surface area contributed by atoms with Gasteiger partial charge in [-0.15, -0.1) is 0 Å². The lowest BCUT2D eigenvalue weighted by molar-refractivity contribution is -0.133. The van der Waals surface area contributed by atoms with Crippen molar-refractivity contribution < 1.29 is 9.53 Å². The molecule has 2 heterocycles. The molecule has 0 bridgehead atoms. The third-order valence-electron chi connectivity index (χ3n) is 2.70. The Morgan fingerprint density at radius 3 is 3.00 bits per heavy atom. The summed E-state index contributed by atoms with van der Waals surface area (Å²) < 4.78 is 5.92. The van der Waals surface area contributed by atoms with Gasteiger partial charge in [0.15, 0.2) is 0 Å². The summed E-state index contributed by atoms with van der Waals surface area (Å²) in [5, 5.41) is 0.162. The molecule has 6 nitrogen and oxygen atoms in total. The Labute approximate surface area is 101 Å². The Morgan fingerprint density at radius 1 is 1.44 bits per heavy atom. The maximum absolute atomic E-state index is 12.1. The standard InChI is InChI=1S/C12H9N3O3/c1-18-10(16)6-8-11(17)15-9-5-3-2-4-7(9)13-12(15)14-8/h2-6H,1H3,(H,13,14)/b8-6+. The number of para-hydroxylation sites is 2. The zero-order valence-electron chi connectivity index (χ0n) is 9.51. The van der Waals surface area contributed by atoms with Crippen molar-refractivity contribution in [1.29, 1.82) is 0 Å². The topological polar surface area (TPSA) is 76.5 Å². The molecule has 0 aliphatic carbocycles. The Hall–Kier alpha value is -2.63. The van der Waals surface area contributed by atoms with Crippen molar-refractivity contribution in [3.05, 3.63) is 40.0 Å². The summed E-state index contributed by atoms with van der Waals surface area (Å²) >= 11 is 0. The number of rotatable bonds is 1. The van der Waals surface area contributed by atoms with Crippen molar-refractivity contribution >= 4 is 28.9 Å². The summed E-state index contributed by atoms with van der Waals surface area (Å²) in [6, 6.07) is 7.29. The van der Waals surface area contributed by atoms with Crippen LogP contribution in [0, 0.1) is 0 Å². The van der Waals surface area contributed by atoms with Crippen LogP contribution in [0.15, 0.2) is 29.1 Å². The van der Waals surface area contributed by atoms with Crippen molar-refractivity contribution in [2.24, 2.45) is 0 Å². The van der Waals surface area contributed by atoms with Gasteiger partial charge < -0.3 is 9.72 Å². The molecule has 18 heavy (non-hydrogen) atoms. The van der Waals surface area contributed by atoms with Crippen LogP contribution in [0.4, 0.5) is 0 Å². The molecule has 2 aromatic heterocycles. The first kappa shape index (κ1) is 10.5. The number of carbonyl (C=O) groups is 1. The normalized spacial score (nSPS) is 12.4. The van der Waals surface area contributed by atoms with Crippen LogP contribution >= 0.6 is 0 Å². The minimum atomic E-state index is -0.582. The molecule has 6 heteroatoms. The van der Waals surface area contributed by atoms with Crippen LogP contribution in [0.2, 0.25) is 0 Å². The van der Waals surface area contributed by atoms with E-state index in [2.05, 4.69) is 14.7 Å². The summed E-state index contributed by atoms with van der Waals surface area (Å²) in [6.07, 6.45) is 1.12. The number of benzene rings is 1. The van der Waals surface area contributed by atoms with Gasteiger partial charge in [0.05, 0.1) is 24.2 Å². The first-order valence-corrected chi connectivity index (χ1v) is 5.29. The van der Waals surface area contributed by atoms with E-state index in [0.717, 1.165) is 11.6 Å². The number of carbonyl (C=O) groups excluding carboxylic acids is 1. The monoisotopic (exact) mass is 243 g/mol. The van der Waals surface area contributed by atoms with Gasteiger partial charge in [-0.2, -0.15) is 0 Å². The quantitative estimate of drug-likeness (QED) is 0.603. The molecule has 90 valence electrons. The fourth-order valence-corrected chi connectivity index (χ4v) is 1.88. The molecule has 0 unspecified atom stereocenters. The Balaban J connectivity index is 2.40. The fraction of sp³-hybridized carbons (Fsp3) is 0.0833. The molecule has 0 aliphatic heterocycles. The zero-order valence-corrected chi connectivity index (χ0v) is 9.51. The first-order valence-electron chi connectivity index (χ1n) is 5.29. The average molecular weight is 243 g/mol. The van der Waals surface area contributed by atoms with E-state index >= 15 is 0 Å². The molecule has 3 aromatic rings. The number of aromatic nitrogens is 3. The van der Waals surface area contributed by atoms with Gasteiger partial charge in [-0.1, -0.05) is 12.1 Å². The molecular weight excluding hydrogens is 234 g/mol.